The molecule has 30 heavy (non-hydrogen) atoms. The van der Waals surface area contributed by atoms with Gasteiger partial charge >= 0.3 is 0 Å². The molecule has 0 aliphatic carbocycles. The van der Waals surface area contributed by atoms with Crippen molar-refractivity contribution in [3.8, 4) is 0 Å². The average Bonchev–Trinajstić information content (AvgIpc) is 2.83. The largest absolute Gasteiger partial charge is 0.354 e. The number of nitrogens with zero attached hydrogens (tertiary/aromatic N) is 1. The zero-order valence-corrected chi connectivity index (χ0v) is 18.7. The van der Waals surface area contributed by atoms with Crippen molar-refractivity contribution in [2.24, 2.45) is 5.92 Å². The molecule has 1 heterocycles. The predicted octanol–water partition coefficient (Wildman–Crippen LogP) is 4.55. The number of hydrogen-bond donors (Lipinski definition) is 1. The Bertz CT molecular complexity index is 888. The Morgan fingerprint density at radius 3 is 2.53 bits per heavy atom. The van der Waals surface area contributed by atoms with Gasteiger partial charge in [-0.05, 0) is 62.6 Å². The van der Waals surface area contributed by atoms with E-state index in [1.807, 2.05) is 36.1 Å². The van der Waals surface area contributed by atoms with Gasteiger partial charge in [0.05, 0.1) is 0 Å². The summed E-state index contributed by atoms with van der Waals surface area (Å²) in [7, 11) is 0. The SMILES string of the molecule is Cc1ccc(CCN2C(=O)c3ccccc3CC[C@@]2(C)C(=O)NCCC(C)C)cc1. The summed E-state index contributed by atoms with van der Waals surface area (Å²) in [4.78, 5) is 28.7. The lowest BCUT2D eigenvalue weighted by Gasteiger charge is -2.39. The van der Waals surface area contributed by atoms with Crippen LogP contribution in [0.25, 0.3) is 0 Å². The Labute approximate surface area is 180 Å². The van der Waals surface area contributed by atoms with E-state index in [0.717, 1.165) is 30.4 Å². The van der Waals surface area contributed by atoms with Gasteiger partial charge in [-0.25, -0.2) is 0 Å². The molecular weight excluding hydrogens is 372 g/mol. The first-order valence-electron chi connectivity index (χ1n) is 11.0. The molecule has 0 unspecified atom stereocenters. The Balaban J connectivity index is 1.86. The first-order chi connectivity index (χ1) is 14.3. The quantitative estimate of drug-likeness (QED) is 0.733. The second-order valence-electron chi connectivity index (χ2n) is 9.06. The molecule has 2 aromatic carbocycles. The minimum atomic E-state index is -0.863. The number of hydrogen-bond acceptors (Lipinski definition) is 2. The predicted molar refractivity (Wildman–Crippen MR) is 122 cm³/mol. The second-order valence-corrected chi connectivity index (χ2v) is 9.06. The van der Waals surface area contributed by atoms with Crippen LogP contribution < -0.4 is 5.32 Å². The van der Waals surface area contributed by atoms with E-state index >= 15 is 0 Å². The molecule has 0 aromatic heterocycles. The van der Waals surface area contributed by atoms with E-state index in [9.17, 15) is 9.59 Å². The third-order valence-corrected chi connectivity index (χ3v) is 6.21. The summed E-state index contributed by atoms with van der Waals surface area (Å²) in [5.74, 6) is 0.431. The lowest BCUT2D eigenvalue weighted by molar-refractivity contribution is -0.131. The van der Waals surface area contributed by atoms with Gasteiger partial charge in [-0.1, -0.05) is 61.9 Å². The molecule has 0 radical (unpaired) electrons. The van der Waals surface area contributed by atoms with Crippen LogP contribution in [0.2, 0.25) is 0 Å². The summed E-state index contributed by atoms with van der Waals surface area (Å²) in [5.41, 5.74) is 3.28. The molecule has 3 rings (SSSR count). The highest BCUT2D eigenvalue weighted by molar-refractivity contribution is 6.01. The van der Waals surface area contributed by atoms with Crippen LogP contribution in [0.1, 0.15) is 60.7 Å². The number of fused-ring (bicyclic) bond motifs is 1. The number of amides is 2. The molecule has 1 aliphatic rings. The van der Waals surface area contributed by atoms with Crippen molar-refractivity contribution < 1.29 is 9.59 Å². The monoisotopic (exact) mass is 406 g/mol. The third-order valence-electron chi connectivity index (χ3n) is 6.21. The van der Waals surface area contributed by atoms with Crippen LogP contribution >= 0.6 is 0 Å². The minimum Gasteiger partial charge on any atom is -0.354 e. The number of rotatable bonds is 7. The molecule has 2 aromatic rings. The number of nitrogens with one attached hydrogen (secondary N) is 1. The molecule has 2 amide bonds. The second kappa shape index (κ2) is 9.46. The topological polar surface area (TPSA) is 49.4 Å². The van der Waals surface area contributed by atoms with Crippen LogP contribution in [-0.4, -0.2) is 35.3 Å². The van der Waals surface area contributed by atoms with Gasteiger partial charge in [0.25, 0.3) is 5.91 Å². The normalized spacial score (nSPS) is 18.8. The summed E-state index contributed by atoms with van der Waals surface area (Å²) < 4.78 is 0. The number of benzene rings is 2. The zero-order valence-electron chi connectivity index (χ0n) is 18.7. The van der Waals surface area contributed by atoms with Gasteiger partial charge in [0, 0.05) is 18.7 Å². The highest BCUT2D eigenvalue weighted by Crippen LogP contribution is 2.30. The highest BCUT2D eigenvalue weighted by atomic mass is 16.2. The Hall–Kier alpha value is -2.62. The zero-order chi connectivity index (χ0) is 21.7. The van der Waals surface area contributed by atoms with Gasteiger partial charge in [-0.2, -0.15) is 0 Å². The van der Waals surface area contributed by atoms with E-state index in [1.54, 1.807) is 0 Å². The van der Waals surface area contributed by atoms with Crippen molar-refractivity contribution in [2.75, 3.05) is 13.1 Å². The van der Waals surface area contributed by atoms with Crippen molar-refractivity contribution in [1.82, 2.24) is 10.2 Å². The molecule has 0 fully saturated rings. The van der Waals surface area contributed by atoms with Crippen LogP contribution in [0.15, 0.2) is 48.5 Å². The molecule has 4 heteroatoms. The first kappa shape index (κ1) is 22.1. The minimum absolute atomic E-state index is 0.0447. The molecule has 1 aliphatic heterocycles. The number of carbonyl (C=O) groups is 2. The first-order valence-corrected chi connectivity index (χ1v) is 11.0. The van der Waals surface area contributed by atoms with Crippen molar-refractivity contribution in [2.45, 2.75) is 58.9 Å². The molecule has 0 bridgehead atoms. The summed E-state index contributed by atoms with van der Waals surface area (Å²) >= 11 is 0. The fourth-order valence-electron chi connectivity index (χ4n) is 4.07. The van der Waals surface area contributed by atoms with E-state index in [0.29, 0.717) is 25.4 Å². The molecule has 0 saturated carbocycles. The van der Waals surface area contributed by atoms with Crippen molar-refractivity contribution >= 4 is 11.8 Å². The lowest BCUT2D eigenvalue weighted by Crippen LogP contribution is -2.59. The standard InChI is InChI=1S/C26H34N2O2/c1-19(2)14-17-27-25(30)26(4)16-13-22-7-5-6-8-23(22)24(29)28(26)18-15-21-11-9-20(3)10-12-21/h5-12,19H,13-18H2,1-4H3,(H,27,30)/t26-/m0/s1. The maximum absolute atomic E-state index is 13.6. The molecular formula is C26H34N2O2. The van der Waals surface area contributed by atoms with Crippen molar-refractivity contribution in [3.05, 3.63) is 70.8 Å². The van der Waals surface area contributed by atoms with Gasteiger partial charge in [-0.3, -0.25) is 9.59 Å². The van der Waals surface area contributed by atoms with E-state index in [4.69, 9.17) is 0 Å². The Morgan fingerprint density at radius 2 is 1.83 bits per heavy atom. The third kappa shape index (κ3) is 4.92. The average molecular weight is 407 g/mol. The van der Waals surface area contributed by atoms with Gasteiger partial charge in [0.15, 0.2) is 0 Å². The van der Waals surface area contributed by atoms with Crippen LogP contribution in [-0.2, 0) is 17.6 Å². The molecule has 1 N–H and O–H groups in total. The summed E-state index contributed by atoms with van der Waals surface area (Å²) in [6, 6.07) is 16.2. The van der Waals surface area contributed by atoms with Gasteiger partial charge in [-0.15, -0.1) is 0 Å². The molecule has 4 nitrogen and oxygen atoms in total. The number of aryl methyl sites for hydroxylation is 2. The van der Waals surface area contributed by atoms with Crippen LogP contribution in [0.3, 0.4) is 0 Å². The molecule has 0 spiro atoms. The van der Waals surface area contributed by atoms with E-state index in [1.165, 1.54) is 11.1 Å². The Kier molecular flexibility index (Phi) is 6.96. The van der Waals surface area contributed by atoms with Crippen LogP contribution in [0, 0.1) is 12.8 Å². The van der Waals surface area contributed by atoms with E-state index in [-0.39, 0.29) is 11.8 Å². The van der Waals surface area contributed by atoms with Gasteiger partial charge in [0.2, 0.25) is 5.91 Å². The smallest absolute Gasteiger partial charge is 0.255 e. The fourth-order valence-corrected chi connectivity index (χ4v) is 4.07. The highest BCUT2D eigenvalue weighted by Gasteiger charge is 2.44. The Morgan fingerprint density at radius 1 is 1.13 bits per heavy atom. The maximum atomic E-state index is 13.6. The summed E-state index contributed by atoms with van der Waals surface area (Å²) in [6.45, 7) is 9.44. The van der Waals surface area contributed by atoms with E-state index in [2.05, 4.69) is 50.4 Å². The number of carbonyl (C=O) groups excluding carboxylic acids is 2. The lowest BCUT2D eigenvalue weighted by atomic mass is 9.91. The van der Waals surface area contributed by atoms with Crippen molar-refractivity contribution in [3.63, 3.8) is 0 Å². The fraction of sp³-hybridized carbons (Fsp3) is 0.462. The van der Waals surface area contributed by atoms with Gasteiger partial charge in [0.1, 0.15) is 5.54 Å². The van der Waals surface area contributed by atoms with E-state index < -0.39 is 5.54 Å². The van der Waals surface area contributed by atoms with Crippen molar-refractivity contribution in [1.29, 1.82) is 0 Å². The summed E-state index contributed by atoms with van der Waals surface area (Å²) in [6.07, 6.45) is 3.00. The molecule has 1 atom stereocenters. The van der Waals surface area contributed by atoms with Crippen LogP contribution in [0.4, 0.5) is 0 Å². The molecule has 0 saturated heterocycles. The molecule has 160 valence electrons. The maximum Gasteiger partial charge on any atom is 0.255 e. The van der Waals surface area contributed by atoms with Crippen LogP contribution in [0.5, 0.6) is 0 Å². The van der Waals surface area contributed by atoms with Gasteiger partial charge < -0.3 is 10.2 Å². The summed E-state index contributed by atoms with van der Waals surface area (Å²) in [5, 5.41) is 3.10.